The molecule has 6 nitrogen and oxygen atoms in total. The first-order valence-corrected chi connectivity index (χ1v) is 9.66. The number of H-pyrrole nitrogens is 1. The molecule has 6 N–H and O–H groups in total. The van der Waals surface area contributed by atoms with Crippen LogP contribution in [0.15, 0.2) is 43.0 Å². The predicted octanol–water partition coefficient (Wildman–Crippen LogP) is 3.18. The SMILES string of the molecule is C=CC(=O)N1C2CCC1CC(c1cc(/C=C(\N)c3ccccc3O)c(N)[nH]1)C2. The summed E-state index contributed by atoms with van der Waals surface area (Å²) in [6, 6.07) is 9.54. The number of nitrogen functional groups attached to an aromatic ring is 1. The van der Waals surface area contributed by atoms with E-state index < -0.39 is 0 Å². The number of aromatic nitrogens is 1. The van der Waals surface area contributed by atoms with Gasteiger partial charge in [0.25, 0.3) is 0 Å². The molecule has 0 saturated carbocycles. The van der Waals surface area contributed by atoms with Gasteiger partial charge in [-0.25, -0.2) is 0 Å². The highest BCUT2D eigenvalue weighted by atomic mass is 16.3. The van der Waals surface area contributed by atoms with E-state index in [9.17, 15) is 9.90 Å². The second-order valence-electron chi connectivity index (χ2n) is 7.71. The molecule has 0 radical (unpaired) electrons. The first-order valence-electron chi connectivity index (χ1n) is 9.66. The number of phenolic OH excluding ortho intramolecular Hbond substituents is 1. The van der Waals surface area contributed by atoms with Gasteiger partial charge in [0.2, 0.25) is 5.91 Å². The van der Waals surface area contributed by atoms with E-state index in [0.717, 1.165) is 36.9 Å². The van der Waals surface area contributed by atoms with Crippen molar-refractivity contribution >= 4 is 23.5 Å². The zero-order valence-electron chi connectivity index (χ0n) is 15.8. The number of amides is 1. The van der Waals surface area contributed by atoms with E-state index in [1.807, 2.05) is 17.0 Å². The van der Waals surface area contributed by atoms with Crippen LogP contribution in [0.3, 0.4) is 0 Å². The molecule has 0 spiro atoms. The summed E-state index contributed by atoms with van der Waals surface area (Å²) < 4.78 is 0. The minimum Gasteiger partial charge on any atom is -0.507 e. The average molecular weight is 378 g/mol. The number of nitrogens with two attached hydrogens (primary N) is 2. The van der Waals surface area contributed by atoms with Gasteiger partial charge >= 0.3 is 0 Å². The third-order valence-corrected chi connectivity index (χ3v) is 6.03. The lowest BCUT2D eigenvalue weighted by molar-refractivity contribution is -0.130. The fourth-order valence-electron chi connectivity index (χ4n) is 4.71. The number of aromatic hydroxyl groups is 1. The van der Waals surface area contributed by atoms with Gasteiger partial charge in [-0.2, -0.15) is 0 Å². The number of carbonyl (C=O) groups is 1. The fourth-order valence-corrected chi connectivity index (χ4v) is 4.71. The molecule has 2 unspecified atom stereocenters. The number of piperidine rings is 1. The molecule has 6 heteroatoms. The summed E-state index contributed by atoms with van der Waals surface area (Å²) in [5, 5.41) is 9.99. The van der Waals surface area contributed by atoms with Crippen LogP contribution in [0, 0.1) is 0 Å². The molecule has 2 bridgehead atoms. The van der Waals surface area contributed by atoms with Crippen LogP contribution in [0.2, 0.25) is 0 Å². The molecule has 2 saturated heterocycles. The highest BCUT2D eigenvalue weighted by molar-refractivity contribution is 5.88. The van der Waals surface area contributed by atoms with Crippen LogP contribution >= 0.6 is 0 Å². The first kappa shape index (κ1) is 18.2. The normalized spacial score (nSPS) is 24.4. The van der Waals surface area contributed by atoms with Gasteiger partial charge in [0.15, 0.2) is 0 Å². The van der Waals surface area contributed by atoms with Crippen molar-refractivity contribution in [1.29, 1.82) is 0 Å². The number of carbonyl (C=O) groups excluding carboxylic acids is 1. The van der Waals surface area contributed by atoms with Gasteiger partial charge in [-0.3, -0.25) is 4.79 Å². The van der Waals surface area contributed by atoms with Crippen molar-refractivity contribution in [3.8, 4) is 5.75 Å². The lowest BCUT2D eigenvalue weighted by Gasteiger charge is -2.38. The third kappa shape index (κ3) is 3.15. The number of benzene rings is 1. The number of rotatable bonds is 4. The van der Waals surface area contributed by atoms with E-state index in [4.69, 9.17) is 11.5 Å². The van der Waals surface area contributed by atoms with E-state index in [-0.39, 0.29) is 23.7 Å². The summed E-state index contributed by atoms with van der Waals surface area (Å²) in [5.41, 5.74) is 15.3. The summed E-state index contributed by atoms with van der Waals surface area (Å²) in [7, 11) is 0. The molecule has 4 rings (SSSR count). The van der Waals surface area contributed by atoms with E-state index >= 15 is 0 Å². The van der Waals surface area contributed by atoms with Crippen LogP contribution in [0.4, 0.5) is 5.82 Å². The van der Waals surface area contributed by atoms with Crippen LogP contribution in [-0.4, -0.2) is 33.0 Å². The summed E-state index contributed by atoms with van der Waals surface area (Å²) in [4.78, 5) is 17.5. The van der Waals surface area contributed by atoms with E-state index in [1.165, 1.54) is 6.08 Å². The van der Waals surface area contributed by atoms with Gasteiger partial charge in [-0.15, -0.1) is 0 Å². The lowest BCUT2D eigenvalue weighted by atomic mass is 9.88. The molecule has 2 aromatic rings. The molecule has 0 aliphatic carbocycles. The van der Waals surface area contributed by atoms with E-state index in [2.05, 4.69) is 11.6 Å². The maximum absolute atomic E-state index is 12.2. The Balaban J connectivity index is 1.56. The van der Waals surface area contributed by atoms with Crippen LogP contribution in [0.25, 0.3) is 11.8 Å². The average Bonchev–Trinajstić information content (AvgIpc) is 3.17. The van der Waals surface area contributed by atoms with Crippen molar-refractivity contribution in [3.63, 3.8) is 0 Å². The number of hydrogen-bond acceptors (Lipinski definition) is 4. The van der Waals surface area contributed by atoms with Crippen molar-refractivity contribution in [3.05, 3.63) is 59.8 Å². The van der Waals surface area contributed by atoms with Crippen LogP contribution in [-0.2, 0) is 4.79 Å². The molecular weight excluding hydrogens is 352 g/mol. The molecule has 146 valence electrons. The summed E-state index contributed by atoms with van der Waals surface area (Å²) >= 11 is 0. The second-order valence-corrected chi connectivity index (χ2v) is 7.71. The number of para-hydroxylation sites is 1. The van der Waals surface area contributed by atoms with Crippen molar-refractivity contribution in [1.82, 2.24) is 9.88 Å². The molecule has 2 aliphatic rings. The van der Waals surface area contributed by atoms with Crippen LogP contribution in [0.5, 0.6) is 5.75 Å². The standard InChI is InChI=1S/C22H26N4O2/c1-2-21(28)26-15-7-8-16(26)10-13(9-15)19-12-14(22(24)25-19)11-18(23)17-5-3-4-6-20(17)27/h2-6,11-13,15-16,25,27H,1,7-10,23-24H2/b18-11-. The van der Waals surface area contributed by atoms with E-state index in [0.29, 0.717) is 23.0 Å². The van der Waals surface area contributed by atoms with Crippen molar-refractivity contribution in [2.45, 2.75) is 43.7 Å². The third-order valence-electron chi connectivity index (χ3n) is 6.03. The summed E-state index contributed by atoms with van der Waals surface area (Å²) in [6.07, 6.45) is 7.15. The smallest absolute Gasteiger partial charge is 0.246 e. The van der Waals surface area contributed by atoms with Gasteiger partial charge in [-0.05, 0) is 56.0 Å². The minimum absolute atomic E-state index is 0.0380. The molecule has 1 aromatic heterocycles. The topological polar surface area (TPSA) is 108 Å². The quantitative estimate of drug-likeness (QED) is 0.613. The Labute approximate surface area is 164 Å². The molecular formula is C22H26N4O2. The lowest BCUT2D eigenvalue weighted by Crippen LogP contribution is -2.45. The first-order chi connectivity index (χ1) is 13.5. The predicted molar refractivity (Wildman–Crippen MR) is 111 cm³/mol. The van der Waals surface area contributed by atoms with Gasteiger partial charge in [0.1, 0.15) is 11.6 Å². The van der Waals surface area contributed by atoms with Crippen molar-refractivity contribution in [2.75, 3.05) is 5.73 Å². The van der Waals surface area contributed by atoms with E-state index in [1.54, 1.807) is 24.3 Å². The molecule has 2 fully saturated rings. The van der Waals surface area contributed by atoms with Gasteiger partial charge in [-0.1, -0.05) is 18.7 Å². The number of phenols is 1. The fraction of sp³-hybridized carbons (Fsp3) is 0.318. The second kappa shape index (κ2) is 7.11. The largest absolute Gasteiger partial charge is 0.507 e. The number of anilines is 1. The minimum atomic E-state index is 0.0380. The summed E-state index contributed by atoms with van der Waals surface area (Å²) in [5.74, 6) is 1.07. The zero-order chi connectivity index (χ0) is 19.8. The number of hydrogen-bond donors (Lipinski definition) is 4. The van der Waals surface area contributed by atoms with Crippen molar-refractivity contribution in [2.24, 2.45) is 5.73 Å². The number of aromatic amines is 1. The van der Waals surface area contributed by atoms with Crippen molar-refractivity contribution < 1.29 is 9.90 Å². The molecule has 2 atom stereocenters. The summed E-state index contributed by atoms with van der Waals surface area (Å²) in [6.45, 7) is 3.63. The highest BCUT2D eigenvalue weighted by Gasteiger charge is 2.43. The van der Waals surface area contributed by atoms with Gasteiger partial charge in [0, 0.05) is 40.5 Å². The monoisotopic (exact) mass is 378 g/mol. The molecule has 2 aliphatic heterocycles. The Bertz CT molecular complexity index is 932. The number of fused-ring (bicyclic) bond motifs is 2. The molecule has 28 heavy (non-hydrogen) atoms. The van der Waals surface area contributed by atoms with Crippen LogP contribution < -0.4 is 11.5 Å². The molecule has 1 aromatic carbocycles. The van der Waals surface area contributed by atoms with Crippen LogP contribution in [0.1, 0.15) is 48.4 Å². The van der Waals surface area contributed by atoms with Gasteiger partial charge in [0.05, 0.1) is 0 Å². The molecule has 1 amide bonds. The Kier molecular flexibility index (Phi) is 4.63. The Hall–Kier alpha value is -3.15. The number of nitrogens with zero attached hydrogens (tertiary/aromatic N) is 1. The van der Waals surface area contributed by atoms with Gasteiger partial charge < -0.3 is 26.5 Å². The maximum Gasteiger partial charge on any atom is 0.246 e. The Morgan fingerprint density at radius 3 is 2.57 bits per heavy atom. The molecule has 3 heterocycles. The zero-order valence-corrected chi connectivity index (χ0v) is 15.8. The maximum atomic E-state index is 12.2. The number of nitrogens with one attached hydrogen (secondary N) is 1. The Morgan fingerprint density at radius 2 is 1.93 bits per heavy atom. The highest BCUT2D eigenvalue weighted by Crippen LogP contribution is 2.43. The Morgan fingerprint density at radius 1 is 1.25 bits per heavy atom.